The Kier molecular flexibility index (Phi) is 4.62. The normalized spacial score (nSPS) is 13.4. The Labute approximate surface area is 120 Å². The number of halogens is 3. The molecular weight excluding hydrogens is 283 g/mol. The number of alkyl halides is 3. The third-order valence-electron chi connectivity index (χ3n) is 3.11. The van der Waals surface area contributed by atoms with E-state index in [1.54, 1.807) is 10.7 Å². The molecule has 21 heavy (non-hydrogen) atoms. The molecule has 0 amide bonds. The summed E-state index contributed by atoms with van der Waals surface area (Å²) in [6.45, 7) is 2.57. The summed E-state index contributed by atoms with van der Waals surface area (Å²) in [6, 6.07) is 4.97. The third kappa shape index (κ3) is 3.81. The molecule has 0 saturated carbocycles. The van der Waals surface area contributed by atoms with Gasteiger partial charge in [-0.3, -0.25) is 0 Å². The largest absolute Gasteiger partial charge is 0.416 e. The van der Waals surface area contributed by atoms with Crippen molar-refractivity contribution in [2.75, 3.05) is 0 Å². The summed E-state index contributed by atoms with van der Waals surface area (Å²) in [6.07, 6.45) is -2.97. The van der Waals surface area contributed by atoms with Crippen molar-refractivity contribution in [3.05, 3.63) is 47.3 Å². The highest BCUT2D eigenvalue weighted by Crippen LogP contribution is 2.30. The number of aliphatic hydroxyl groups is 1. The fraction of sp³-hybridized carbons (Fsp3) is 0.429. The van der Waals surface area contributed by atoms with Crippen LogP contribution in [0.15, 0.2) is 30.5 Å². The number of aliphatic hydroxyl groups excluding tert-OH is 1. The van der Waals surface area contributed by atoms with Crippen molar-refractivity contribution in [3.63, 3.8) is 0 Å². The molecule has 2 aromatic rings. The minimum absolute atomic E-state index is 0.0843. The van der Waals surface area contributed by atoms with E-state index in [0.717, 1.165) is 18.6 Å². The van der Waals surface area contributed by atoms with Crippen LogP contribution in [-0.4, -0.2) is 20.1 Å². The molecule has 1 unspecified atom stereocenters. The molecule has 0 saturated heterocycles. The van der Waals surface area contributed by atoms with Crippen LogP contribution in [0.4, 0.5) is 13.2 Å². The highest BCUT2D eigenvalue weighted by Gasteiger charge is 2.30. The highest BCUT2D eigenvalue weighted by atomic mass is 19.4. The first-order chi connectivity index (χ1) is 9.91. The van der Waals surface area contributed by atoms with Crippen LogP contribution in [0, 0.1) is 0 Å². The zero-order valence-corrected chi connectivity index (χ0v) is 11.5. The van der Waals surface area contributed by atoms with Gasteiger partial charge in [-0.2, -0.15) is 13.2 Å². The third-order valence-corrected chi connectivity index (χ3v) is 3.11. The molecule has 1 N–H and O–H groups in total. The van der Waals surface area contributed by atoms with Gasteiger partial charge in [0.2, 0.25) is 0 Å². The maximum Gasteiger partial charge on any atom is 0.416 e. The predicted molar refractivity (Wildman–Crippen MR) is 70.4 cm³/mol. The maximum atomic E-state index is 12.7. The Balaban J connectivity index is 2.16. The molecule has 1 aromatic carbocycles. The van der Waals surface area contributed by atoms with Crippen LogP contribution < -0.4 is 0 Å². The molecule has 1 atom stereocenters. The first-order valence-electron chi connectivity index (χ1n) is 6.64. The van der Waals surface area contributed by atoms with E-state index >= 15 is 0 Å². The maximum absolute atomic E-state index is 12.7. The van der Waals surface area contributed by atoms with Gasteiger partial charge in [-0.15, -0.1) is 5.10 Å². The predicted octanol–water partition coefficient (Wildman–Crippen LogP) is 2.98. The number of hydrogen-bond acceptors (Lipinski definition) is 3. The molecule has 0 aliphatic heterocycles. The average molecular weight is 299 g/mol. The van der Waals surface area contributed by atoms with E-state index < -0.39 is 17.8 Å². The van der Waals surface area contributed by atoms with Crippen molar-refractivity contribution in [1.82, 2.24) is 15.0 Å². The van der Waals surface area contributed by atoms with Crippen LogP contribution in [0.25, 0.3) is 0 Å². The fourth-order valence-corrected chi connectivity index (χ4v) is 2.11. The summed E-state index contributed by atoms with van der Waals surface area (Å²) in [5.74, 6) is 0. The Bertz CT molecular complexity index is 595. The molecule has 1 heterocycles. The summed E-state index contributed by atoms with van der Waals surface area (Å²) >= 11 is 0. The standard InChI is InChI=1S/C14H16F3N3O/c1-2-6-20-12(9-18-19-20)13(21)8-10-4-3-5-11(7-10)14(15,16)17/h3-5,7,9,13,21H,2,6,8H2,1H3. The lowest BCUT2D eigenvalue weighted by Crippen LogP contribution is -2.12. The molecule has 114 valence electrons. The highest BCUT2D eigenvalue weighted by molar-refractivity contribution is 5.26. The zero-order chi connectivity index (χ0) is 15.5. The lowest BCUT2D eigenvalue weighted by molar-refractivity contribution is -0.137. The molecule has 2 rings (SSSR count). The summed E-state index contributed by atoms with van der Waals surface area (Å²) < 4.78 is 39.5. The van der Waals surface area contributed by atoms with E-state index in [9.17, 15) is 18.3 Å². The fourth-order valence-electron chi connectivity index (χ4n) is 2.11. The molecule has 7 heteroatoms. The molecule has 0 fully saturated rings. The molecule has 0 spiro atoms. The minimum Gasteiger partial charge on any atom is -0.386 e. The summed E-state index contributed by atoms with van der Waals surface area (Å²) in [7, 11) is 0. The van der Waals surface area contributed by atoms with Gasteiger partial charge in [0.25, 0.3) is 0 Å². The first kappa shape index (κ1) is 15.5. The van der Waals surface area contributed by atoms with E-state index in [4.69, 9.17) is 0 Å². The van der Waals surface area contributed by atoms with Gasteiger partial charge in [-0.25, -0.2) is 4.68 Å². The molecular formula is C14H16F3N3O. The van der Waals surface area contributed by atoms with Crippen LogP contribution >= 0.6 is 0 Å². The van der Waals surface area contributed by atoms with Crippen molar-refractivity contribution >= 4 is 0 Å². The SMILES string of the molecule is CCCn1nncc1C(O)Cc1cccc(C(F)(F)F)c1. The van der Waals surface area contributed by atoms with Crippen molar-refractivity contribution in [2.24, 2.45) is 0 Å². The van der Waals surface area contributed by atoms with Gasteiger partial charge in [0.05, 0.1) is 17.5 Å². The van der Waals surface area contributed by atoms with Crippen molar-refractivity contribution in [3.8, 4) is 0 Å². The van der Waals surface area contributed by atoms with Gasteiger partial charge in [0, 0.05) is 13.0 Å². The van der Waals surface area contributed by atoms with Crippen LogP contribution in [0.1, 0.15) is 36.3 Å². The average Bonchev–Trinajstić information content (AvgIpc) is 2.87. The molecule has 4 nitrogen and oxygen atoms in total. The second-order valence-electron chi connectivity index (χ2n) is 4.80. The zero-order valence-electron chi connectivity index (χ0n) is 11.5. The van der Waals surface area contributed by atoms with Gasteiger partial charge in [0.15, 0.2) is 0 Å². The second-order valence-corrected chi connectivity index (χ2v) is 4.80. The topological polar surface area (TPSA) is 50.9 Å². The molecule has 0 bridgehead atoms. The van der Waals surface area contributed by atoms with E-state index in [2.05, 4.69) is 10.3 Å². The summed E-state index contributed by atoms with van der Waals surface area (Å²) in [5.41, 5.74) is 0.211. The van der Waals surface area contributed by atoms with Crippen molar-refractivity contribution in [2.45, 2.75) is 38.6 Å². The molecule has 0 aliphatic rings. The number of benzene rings is 1. The van der Waals surface area contributed by atoms with Gasteiger partial charge in [0.1, 0.15) is 6.10 Å². The number of aryl methyl sites for hydroxylation is 1. The monoisotopic (exact) mass is 299 g/mol. The van der Waals surface area contributed by atoms with Gasteiger partial charge >= 0.3 is 6.18 Å². The van der Waals surface area contributed by atoms with E-state index in [-0.39, 0.29) is 6.42 Å². The first-order valence-corrected chi connectivity index (χ1v) is 6.64. The van der Waals surface area contributed by atoms with E-state index in [1.807, 2.05) is 6.92 Å². The van der Waals surface area contributed by atoms with E-state index in [1.165, 1.54) is 12.3 Å². The van der Waals surface area contributed by atoms with Gasteiger partial charge < -0.3 is 5.11 Å². The van der Waals surface area contributed by atoms with Crippen molar-refractivity contribution in [1.29, 1.82) is 0 Å². The van der Waals surface area contributed by atoms with E-state index in [0.29, 0.717) is 17.8 Å². The van der Waals surface area contributed by atoms with Gasteiger partial charge in [-0.1, -0.05) is 30.3 Å². The quantitative estimate of drug-likeness (QED) is 0.923. The number of hydrogen-bond donors (Lipinski definition) is 1. The second kappa shape index (κ2) is 6.26. The number of rotatable bonds is 5. The van der Waals surface area contributed by atoms with Gasteiger partial charge in [-0.05, 0) is 18.1 Å². The number of aromatic nitrogens is 3. The molecule has 0 radical (unpaired) electrons. The number of nitrogens with zero attached hydrogens (tertiary/aromatic N) is 3. The van der Waals surface area contributed by atoms with Crippen LogP contribution in [0.2, 0.25) is 0 Å². The molecule has 1 aromatic heterocycles. The van der Waals surface area contributed by atoms with Crippen LogP contribution in [0.5, 0.6) is 0 Å². The van der Waals surface area contributed by atoms with Crippen LogP contribution in [-0.2, 0) is 19.1 Å². The Morgan fingerprint density at radius 3 is 2.76 bits per heavy atom. The Morgan fingerprint density at radius 1 is 1.33 bits per heavy atom. The summed E-state index contributed by atoms with van der Waals surface area (Å²) in [4.78, 5) is 0. The molecule has 0 aliphatic carbocycles. The lowest BCUT2D eigenvalue weighted by Gasteiger charge is -2.13. The minimum atomic E-state index is -4.38. The Morgan fingerprint density at radius 2 is 2.10 bits per heavy atom. The van der Waals surface area contributed by atoms with Crippen molar-refractivity contribution < 1.29 is 18.3 Å². The summed E-state index contributed by atoms with van der Waals surface area (Å²) in [5, 5.41) is 17.8. The van der Waals surface area contributed by atoms with Crippen LogP contribution in [0.3, 0.4) is 0 Å². The lowest BCUT2D eigenvalue weighted by atomic mass is 10.0. The Hall–Kier alpha value is -1.89. The smallest absolute Gasteiger partial charge is 0.386 e.